The monoisotopic (exact) mass is 264 g/mol. The average Bonchev–Trinajstić information content (AvgIpc) is 3.02. The van der Waals surface area contributed by atoms with Gasteiger partial charge in [-0.25, -0.2) is 0 Å². The highest BCUT2D eigenvalue weighted by Gasteiger charge is 2.41. The van der Waals surface area contributed by atoms with E-state index in [0.717, 1.165) is 30.1 Å². The fraction of sp³-hybridized carbons (Fsp3) is 1.00. The summed E-state index contributed by atoms with van der Waals surface area (Å²) in [5.41, 5.74) is 0. The first kappa shape index (κ1) is 13.9. The van der Waals surface area contributed by atoms with Gasteiger partial charge in [-0.3, -0.25) is 0 Å². The highest BCUT2D eigenvalue weighted by atomic mass is 16.3. The first-order chi connectivity index (χ1) is 9.26. The third kappa shape index (κ3) is 3.17. The standard InChI is InChI=1S/C18H32O/c1-2-3-13-4-7-15(8-5-13)18(19)12-17-11-14-6-9-16(17)10-14/h13-19H,2-12H2,1H3. The Morgan fingerprint density at radius 1 is 1.00 bits per heavy atom. The lowest BCUT2D eigenvalue weighted by atomic mass is 9.74. The zero-order chi connectivity index (χ0) is 13.2. The van der Waals surface area contributed by atoms with E-state index in [4.69, 9.17) is 0 Å². The number of fused-ring (bicyclic) bond motifs is 2. The lowest BCUT2D eigenvalue weighted by Gasteiger charge is -2.33. The molecule has 0 heterocycles. The van der Waals surface area contributed by atoms with E-state index in [9.17, 15) is 5.11 Å². The summed E-state index contributed by atoms with van der Waals surface area (Å²) in [6, 6.07) is 0. The summed E-state index contributed by atoms with van der Waals surface area (Å²) in [6.07, 6.45) is 15.1. The Bertz CT molecular complexity index is 279. The van der Waals surface area contributed by atoms with Crippen molar-refractivity contribution >= 4 is 0 Å². The van der Waals surface area contributed by atoms with E-state index in [2.05, 4.69) is 6.92 Å². The van der Waals surface area contributed by atoms with Crippen LogP contribution in [0.4, 0.5) is 0 Å². The lowest BCUT2D eigenvalue weighted by Crippen LogP contribution is -2.29. The predicted molar refractivity (Wildman–Crippen MR) is 79.9 cm³/mol. The first-order valence-electron chi connectivity index (χ1n) is 8.94. The van der Waals surface area contributed by atoms with Gasteiger partial charge in [0.05, 0.1) is 6.10 Å². The molecule has 4 atom stereocenters. The Balaban J connectivity index is 1.42. The van der Waals surface area contributed by atoms with Crippen molar-refractivity contribution in [3.05, 3.63) is 0 Å². The van der Waals surface area contributed by atoms with Crippen LogP contribution in [-0.4, -0.2) is 11.2 Å². The van der Waals surface area contributed by atoms with Crippen LogP contribution in [-0.2, 0) is 0 Å². The van der Waals surface area contributed by atoms with Crippen molar-refractivity contribution in [3.8, 4) is 0 Å². The molecule has 0 spiro atoms. The molecule has 1 nitrogen and oxygen atoms in total. The summed E-state index contributed by atoms with van der Waals surface area (Å²) < 4.78 is 0. The summed E-state index contributed by atoms with van der Waals surface area (Å²) in [4.78, 5) is 0. The number of rotatable bonds is 5. The number of hydrogen-bond acceptors (Lipinski definition) is 1. The van der Waals surface area contributed by atoms with Gasteiger partial charge >= 0.3 is 0 Å². The molecule has 0 aromatic rings. The second-order valence-corrected chi connectivity index (χ2v) is 7.81. The average molecular weight is 264 g/mol. The minimum atomic E-state index is 0.0203. The molecule has 3 saturated carbocycles. The summed E-state index contributed by atoms with van der Waals surface area (Å²) in [5.74, 6) is 4.49. The van der Waals surface area contributed by atoms with E-state index in [1.165, 1.54) is 64.2 Å². The van der Waals surface area contributed by atoms with Gasteiger partial charge in [-0.1, -0.05) is 39.0 Å². The highest BCUT2D eigenvalue weighted by molar-refractivity contribution is 4.92. The van der Waals surface area contributed by atoms with Crippen molar-refractivity contribution in [2.24, 2.45) is 29.6 Å². The smallest absolute Gasteiger partial charge is 0.0571 e. The normalized spacial score (nSPS) is 43.6. The molecule has 0 aromatic heterocycles. The second kappa shape index (κ2) is 6.16. The van der Waals surface area contributed by atoms with Crippen molar-refractivity contribution in [2.75, 3.05) is 0 Å². The number of hydrogen-bond donors (Lipinski definition) is 1. The molecule has 0 radical (unpaired) electrons. The molecule has 2 bridgehead atoms. The van der Waals surface area contributed by atoms with Crippen LogP contribution in [0.1, 0.15) is 77.6 Å². The molecule has 3 fully saturated rings. The van der Waals surface area contributed by atoms with E-state index in [-0.39, 0.29) is 6.10 Å². The molecule has 3 aliphatic rings. The molecular formula is C18H32O. The van der Waals surface area contributed by atoms with Crippen LogP contribution >= 0.6 is 0 Å². The molecule has 0 aliphatic heterocycles. The molecule has 0 amide bonds. The Labute approximate surface area is 119 Å². The third-order valence-corrected chi connectivity index (χ3v) is 6.56. The molecule has 19 heavy (non-hydrogen) atoms. The molecule has 4 unspecified atom stereocenters. The van der Waals surface area contributed by atoms with Crippen molar-refractivity contribution in [2.45, 2.75) is 83.7 Å². The maximum absolute atomic E-state index is 10.6. The molecule has 110 valence electrons. The Morgan fingerprint density at radius 3 is 2.37 bits per heavy atom. The van der Waals surface area contributed by atoms with Gasteiger partial charge in [-0.2, -0.15) is 0 Å². The SMILES string of the molecule is CCCC1CCC(C(O)CC2CC3CCC2C3)CC1. The molecule has 0 aromatic carbocycles. The third-order valence-electron chi connectivity index (χ3n) is 6.56. The van der Waals surface area contributed by atoms with Gasteiger partial charge in [0.2, 0.25) is 0 Å². The number of aliphatic hydroxyl groups is 1. The lowest BCUT2D eigenvalue weighted by molar-refractivity contribution is 0.0442. The van der Waals surface area contributed by atoms with Crippen molar-refractivity contribution in [1.82, 2.24) is 0 Å². The molecule has 0 saturated heterocycles. The van der Waals surface area contributed by atoms with Crippen molar-refractivity contribution < 1.29 is 5.11 Å². The number of aliphatic hydroxyl groups excluding tert-OH is 1. The minimum Gasteiger partial charge on any atom is -0.393 e. The fourth-order valence-electron chi connectivity index (χ4n) is 5.44. The van der Waals surface area contributed by atoms with Crippen LogP contribution in [0.2, 0.25) is 0 Å². The van der Waals surface area contributed by atoms with E-state index < -0.39 is 0 Å². The topological polar surface area (TPSA) is 20.2 Å². The Hall–Kier alpha value is -0.0400. The van der Waals surface area contributed by atoms with Crippen LogP contribution in [0.5, 0.6) is 0 Å². The highest BCUT2D eigenvalue weighted by Crippen LogP contribution is 2.50. The van der Waals surface area contributed by atoms with Crippen LogP contribution in [0.3, 0.4) is 0 Å². The quantitative estimate of drug-likeness (QED) is 0.757. The zero-order valence-electron chi connectivity index (χ0n) is 12.7. The largest absolute Gasteiger partial charge is 0.393 e. The molecule has 3 rings (SSSR count). The van der Waals surface area contributed by atoms with Crippen LogP contribution < -0.4 is 0 Å². The van der Waals surface area contributed by atoms with Gasteiger partial charge < -0.3 is 5.11 Å². The van der Waals surface area contributed by atoms with Crippen molar-refractivity contribution in [1.29, 1.82) is 0 Å². The van der Waals surface area contributed by atoms with Crippen molar-refractivity contribution in [3.63, 3.8) is 0 Å². The molecule has 3 aliphatic carbocycles. The minimum absolute atomic E-state index is 0.0203. The van der Waals surface area contributed by atoms with E-state index in [0.29, 0.717) is 5.92 Å². The van der Waals surface area contributed by atoms with E-state index in [1.54, 1.807) is 0 Å². The van der Waals surface area contributed by atoms with Gasteiger partial charge in [-0.15, -0.1) is 0 Å². The van der Waals surface area contributed by atoms with Crippen LogP contribution in [0, 0.1) is 29.6 Å². The molecular weight excluding hydrogens is 232 g/mol. The molecule has 1 N–H and O–H groups in total. The predicted octanol–water partition coefficient (Wildman–Crippen LogP) is 4.78. The fourth-order valence-corrected chi connectivity index (χ4v) is 5.44. The van der Waals surface area contributed by atoms with Gasteiger partial charge in [0, 0.05) is 0 Å². The summed E-state index contributed by atoms with van der Waals surface area (Å²) in [7, 11) is 0. The Morgan fingerprint density at radius 2 is 1.79 bits per heavy atom. The van der Waals surface area contributed by atoms with Gasteiger partial charge in [0.1, 0.15) is 0 Å². The van der Waals surface area contributed by atoms with Crippen LogP contribution in [0.25, 0.3) is 0 Å². The van der Waals surface area contributed by atoms with Gasteiger partial charge in [0.15, 0.2) is 0 Å². The maximum Gasteiger partial charge on any atom is 0.0571 e. The van der Waals surface area contributed by atoms with Gasteiger partial charge in [-0.05, 0) is 68.1 Å². The second-order valence-electron chi connectivity index (χ2n) is 7.81. The van der Waals surface area contributed by atoms with E-state index >= 15 is 0 Å². The van der Waals surface area contributed by atoms with Crippen LogP contribution in [0.15, 0.2) is 0 Å². The summed E-state index contributed by atoms with van der Waals surface area (Å²) >= 11 is 0. The summed E-state index contributed by atoms with van der Waals surface area (Å²) in [6.45, 7) is 2.30. The molecule has 1 heteroatoms. The zero-order valence-corrected chi connectivity index (χ0v) is 12.7. The Kier molecular flexibility index (Phi) is 4.51. The van der Waals surface area contributed by atoms with Gasteiger partial charge in [0.25, 0.3) is 0 Å². The van der Waals surface area contributed by atoms with E-state index in [1.807, 2.05) is 0 Å². The first-order valence-corrected chi connectivity index (χ1v) is 8.94. The summed E-state index contributed by atoms with van der Waals surface area (Å²) in [5, 5.41) is 10.6. The maximum atomic E-state index is 10.6.